The fourth-order valence-electron chi connectivity index (χ4n) is 2.14. The highest BCUT2D eigenvalue weighted by molar-refractivity contribution is 5.96. The SMILES string of the molecule is NCC1(C(=O)Nc2cccc(OC(F)F)c2)CCC1. The molecular weight excluding hydrogens is 254 g/mol. The van der Waals surface area contributed by atoms with E-state index in [1.54, 1.807) is 12.1 Å². The van der Waals surface area contributed by atoms with E-state index < -0.39 is 12.0 Å². The molecule has 0 atom stereocenters. The van der Waals surface area contributed by atoms with Crippen LogP contribution in [-0.4, -0.2) is 19.1 Å². The fraction of sp³-hybridized carbons (Fsp3) is 0.462. The summed E-state index contributed by atoms with van der Waals surface area (Å²) < 4.78 is 28.5. The van der Waals surface area contributed by atoms with Gasteiger partial charge in [0.05, 0.1) is 5.41 Å². The summed E-state index contributed by atoms with van der Waals surface area (Å²) in [6.07, 6.45) is 2.52. The molecule has 2 rings (SSSR count). The number of nitrogens with one attached hydrogen (secondary N) is 1. The number of rotatable bonds is 5. The summed E-state index contributed by atoms with van der Waals surface area (Å²) in [7, 11) is 0. The average molecular weight is 270 g/mol. The number of benzene rings is 1. The van der Waals surface area contributed by atoms with Gasteiger partial charge in [0.15, 0.2) is 0 Å². The zero-order valence-corrected chi connectivity index (χ0v) is 10.4. The van der Waals surface area contributed by atoms with Crippen molar-refractivity contribution in [2.45, 2.75) is 25.9 Å². The van der Waals surface area contributed by atoms with Crippen LogP contribution >= 0.6 is 0 Å². The number of amides is 1. The molecule has 1 fully saturated rings. The number of hydrogen-bond donors (Lipinski definition) is 2. The first-order valence-electron chi connectivity index (χ1n) is 6.12. The maximum Gasteiger partial charge on any atom is 0.387 e. The minimum Gasteiger partial charge on any atom is -0.435 e. The van der Waals surface area contributed by atoms with Gasteiger partial charge in [-0.1, -0.05) is 12.5 Å². The van der Waals surface area contributed by atoms with E-state index in [1.165, 1.54) is 12.1 Å². The van der Waals surface area contributed by atoms with Crippen LogP contribution in [-0.2, 0) is 4.79 Å². The van der Waals surface area contributed by atoms with E-state index in [9.17, 15) is 13.6 Å². The Morgan fingerprint density at radius 3 is 2.74 bits per heavy atom. The van der Waals surface area contributed by atoms with Crippen LogP contribution in [0.2, 0.25) is 0 Å². The number of carbonyl (C=O) groups is 1. The molecule has 0 unspecified atom stereocenters. The van der Waals surface area contributed by atoms with E-state index >= 15 is 0 Å². The van der Waals surface area contributed by atoms with Crippen molar-refractivity contribution in [3.05, 3.63) is 24.3 Å². The zero-order valence-electron chi connectivity index (χ0n) is 10.4. The van der Waals surface area contributed by atoms with Gasteiger partial charge in [0.25, 0.3) is 0 Å². The van der Waals surface area contributed by atoms with Gasteiger partial charge in [-0.25, -0.2) is 0 Å². The van der Waals surface area contributed by atoms with Crippen molar-refractivity contribution < 1.29 is 18.3 Å². The first-order chi connectivity index (χ1) is 9.05. The van der Waals surface area contributed by atoms with Gasteiger partial charge in [-0.2, -0.15) is 8.78 Å². The Hall–Kier alpha value is -1.69. The zero-order chi connectivity index (χ0) is 13.9. The van der Waals surface area contributed by atoms with E-state index in [1.807, 2.05) is 0 Å². The smallest absolute Gasteiger partial charge is 0.387 e. The summed E-state index contributed by atoms with van der Waals surface area (Å²) >= 11 is 0. The second-order valence-electron chi connectivity index (χ2n) is 4.70. The number of alkyl halides is 2. The molecule has 1 aliphatic rings. The van der Waals surface area contributed by atoms with E-state index in [4.69, 9.17) is 5.73 Å². The van der Waals surface area contributed by atoms with Gasteiger partial charge >= 0.3 is 6.61 Å². The maximum atomic E-state index is 12.1. The van der Waals surface area contributed by atoms with Gasteiger partial charge in [0.2, 0.25) is 5.91 Å². The largest absolute Gasteiger partial charge is 0.435 e. The van der Waals surface area contributed by atoms with E-state index in [0.717, 1.165) is 19.3 Å². The van der Waals surface area contributed by atoms with E-state index in [-0.39, 0.29) is 11.7 Å². The molecule has 0 heterocycles. The van der Waals surface area contributed by atoms with Gasteiger partial charge in [-0.15, -0.1) is 0 Å². The normalized spacial score (nSPS) is 16.8. The Labute approximate surface area is 109 Å². The summed E-state index contributed by atoms with van der Waals surface area (Å²) in [5.74, 6) is -0.140. The van der Waals surface area contributed by atoms with Crippen LogP contribution < -0.4 is 15.8 Å². The highest BCUT2D eigenvalue weighted by Gasteiger charge is 2.42. The van der Waals surface area contributed by atoms with Gasteiger partial charge in [0.1, 0.15) is 5.75 Å². The number of nitrogens with two attached hydrogens (primary N) is 1. The quantitative estimate of drug-likeness (QED) is 0.863. The van der Waals surface area contributed by atoms with Gasteiger partial charge in [-0.05, 0) is 25.0 Å². The number of halogens is 2. The fourth-order valence-corrected chi connectivity index (χ4v) is 2.14. The lowest BCUT2D eigenvalue weighted by Gasteiger charge is -2.39. The molecule has 6 heteroatoms. The van der Waals surface area contributed by atoms with E-state index in [2.05, 4.69) is 10.1 Å². The van der Waals surface area contributed by atoms with Crippen molar-refractivity contribution in [2.24, 2.45) is 11.1 Å². The summed E-state index contributed by atoms with van der Waals surface area (Å²) in [6, 6.07) is 5.94. The standard InChI is InChI=1S/C13H16F2N2O2/c14-12(15)19-10-4-1-3-9(7-10)17-11(18)13(8-16)5-2-6-13/h1,3-4,7,12H,2,5-6,8,16H2,(H,17,18). The summed E-state index contributed by atoms with van der Waals surface area (Å²) in [5, 5.41) is 2.71. The predicted molar refractivity (Wildman–Crippen MR) is 67.0 cm³/mol. The Morgan fingerprint density at radius 1 is 1.47 bits per heavy atom. The van der Waals surface area contributed by atoms with Gasteiger partial charge in [-0.3, -0.25) is 4.79 Å². The molecule has 0 aromatic heterocycles. The number of carbonyl (C=O) groups excluding carboxylic acids is 1. The van der Waals surface area contributed by atoms with Crippen LogP contribution in [0.5, 0.6) is 5.75 Å². The molecule has 0 spiro atoms. The predicted octanol–water partition coefficient (Wildman–Crippen LogP) is 2.36. The molecule has 104 valence electrons. The lowest BCUT2D eigenvalue weighted by Crippen LogP contribution is -2.47. The molecule has 0 aliphatic heterocycles. The third-order valence-electron chi connectivity index (χ3n) is 3.50. The van der Waals surface area contributed by atoms with Crippen LogP contribution in [0.15, 0.2) is 24.3 Å². The summed E-state index contributed by atoms with van der Waals surface area (Å²) in [4.78, 5) is 12.1. The van der Waals surface area contributed by atoms with Crippen molar-refractivity contribution in [2.75, 3.05) is 11.9 Å². The highest BCUT2D eigenvalue weighted by Crippen LogP contribution is 2.40. The second kappa shape index (κ2) is 5.52. The molecule has 3 N–H and O–H groups in total. The van der Waals surface area contributed by atoms with Crippen LogP contribution in [0.4, 0.5) is 14.5 Å². The molecule has 1 aromatic carbocycles. The van der Waals surface area contributed by atoms with Crippen LogP contribution in [0.25, 0.3) is 0 Å². The Morgan fingerprint density at radius 2 is 2.21 bits per heavy atom. The lowest BCUT2D eigenvalue weighted by molar-refractivity contribution is -0.129. The molecule has 1 saturated carbocycles. The average Bonchev–Trinajstić information content (AvgIpc) is 2.27. The molecule has 0 bridgehead atoms. The highest BCUT2D eigenvalue weighted by atomic mass is 19.3. The maximum absolute atomic E-state index is 12.1. The Kier molecular flexibility index (Phi) is 3.99. The van der Waals surface area contributed by atoms with Crippen molar-refractivity contribution in [3.63, 3.8) is 0 Å². The molecule has 19 heavy (non-hydrogen) atoms. The Balaban J connectivity index is 2.04. The van der Waals surface area contributed by atoms with E-state index in [0.29, 0.717) is 12.2 Å². The molecule has 0 saturated heterocycles. The van der Waals surface area contributed by atoms with Crippen LogP contribution in [0, 0.1) is 5.41 Å². The van der Waals surface area contributed by atoms with Crippen LogP contribution in [0.3, 0.4) is 0 Å². The minimum atomic E-state index is -2.88. The number of anilines is 1. The molecule has 4 nitrogen and oxygen atoms in total. The lowest BCUT2D eigenvalue weighted by atomic mass is 9.68. The third-order valence-corrected chi connectivity index (χ3v) is 3.50. The topological polar surface area (TPSA) is 64.4 Å². The van der Waals surface area contributed by atoms with Crippen molar-refractivity contribution in [3.8, 4) is 5.75 Å². The molecular formula is C13H16F2N2O2. The van der Waals surface area contributed by atoms with Crippen LogP contribution in [0.1, 0.15) is 19.3 Å². The first kappa shape index (κ1) is 13.7. The molecule has 1 aromatic rings. The van der Waals surface area contributed by atoms with Gasteiger partial charge < -0.3 is 15.8 Å². The Bertz CT molecular complexity index is 456. The first-order valence-corrected chi connectivity index (χ1v) is 6.12. The summed E-state index contributed by atoms with van der Waals surface area (Å²) in [5.41, 5.74) is 5.57. The van der Waals surface area contributed by atoms with Crippen molar-refractivity contribution >= 4 is 11.6 Å². The molecule has 1 amide bonds. The number of hydrogen-bond acceptors (Lipinski definition) is 3. The minimum absolute atomic E-state index is 0.0169. The third kappa shape index (κ3) is 3.01. The molecule has 0 radical (unpaired) electrons. The monoisotopic (exact) mass is 270 g/mol. The van der Waals surface area contributed by atoms with Crippen molar-refractivity contribution in [1.29, 1.82) is 0 Å². The molecule has 1 aliphatic carbocycles. The second-order valence-corrected chi connectivity index (χ2v) is 4.70. The number of ether oxygens (including phenoxy) is 1. The van der Waals surface area contributed by atoms with Crippen molar-refractivity contribution in [1.82, 2.24) is 0 Å². The summed E-state index contributed by atoms with van der Waals surface area (Å²) in [6.45, 7) is -2.58. The van der Waals surface area contributed by atoms with Gasteiger partial charge in [0, 0.05) is 18.3 Å².